The summed E-state index contributed by atoms with van der Waals surface area (Å²) in [4.78, 5) is 29.1. The fraction of sp³-hybridized carbons (Fsp3) is 0.429. The molecule has 0 saturated carbocycles. The highest BCUT2D eigenvalue weighted by Crippen LogP contribution is 2.33. The fourth-order valence-corrected chi connectivity index (χ4v) is 5.14. The minimum atomic E-state index is -0.471. The van der Waals surface area contributed by atoms with Gasteiger partial charge >= 0.3 is 0 Å². The monoisotopic (exact) mass is 436 g/mol. The second-order valence-electron chi connectivity index (χ2n) is 7.37. The van der Waals surface area contributed by atoms with Gasteiger partial charge in [0.2, 0.25) is 5.91 Å². The number of hydrogen-bond donors (Lipinski definition) is 1. The summed E-state index contributed by atoms with van der Waals surface area (Å²) in [6.07, 6.45) is 2.20. The molecule has 1 aliphatic heterocycles. The lowest BCUT2D eigenvalue weighted by molar-refractivity contribution is -0.125. The molecule has 1 aromatic heterocycles. The van der Waals surface area contributed by atoms with Crippen LogP contribution in [0.15, 0.2) is 24.3 Å². The van der Waals surface area contributed by atoms with Crippen molar-refractivity contribution in [1.29, 1.82) is 0 Å². The van der Waals surface area contributed by atoms with E-state index in [1.165, 1.54) is 17.0 Å². The number of nitrogens with zero attached hydrogens (tertiary/aromatic N) is 1. The Labute approximate surface area is 177 Å². The van der Waals surface area contributed by atoms with Gasteiger partial charge in [0.15, 0.2) is 0 Å². The molecular formula is C21H22ClFN2O3S. The summed E-state index contributed by atoms with van der Waals surface area (Å²) in [7, 11) is 0. The molecule has 1 fully saturated rings. The number of benzene rings is 1. The predicted molar refractivity (Wildman–Crippen MR) is 110 cm³/mol. The van der Waals surface area contributed by atoms with Crippen LogP contribution in [-0.2, 0) is 28.9 Å². The predicted octanol–water partition coefficient (Wildman–Crippen LogP) is 3.43. The normalized spacial score (nSPS) is 19.0. The number of aryl methyl sites for hydroxylation is 1. The summed E-state index contributed by atoms with van der Waals surface area (Å²) in [6.45, 7) is 2.73. The highest BCUT2D eigenvalue weighted by Gasteiger charge is 2.28. The molecule has 2 heterocycles. The Balaban J connectivity index is 1.36. The van der Waals surface area contributed by atoms with Crippen LogP contribution < -0.4 is 5.32 Å². The van der Waals surface area contributed by atoms with Crippen LogP contribution in [0.5, 0.6) is 0 Å². The van der Waals surface area contributed by atoms with E-state index in [9.17, 15) is 14.0 Å². The Morgan fingerprint density at radius 1 is 1.28 bits per heavy atom. The van der Waals surface area contributed by atoms with Crippen molar-refractivity contribution in [3.8, 4) is 0 Å². The molecule has 0 spiro atoms. The first-order valence-electron chi connectivity index (χ1n) is 9.71. The summed E-state index contributed by atoms with van der Waals surface area (Å²) < 4.78 is 18.6. The summed E-state index contributed by atoms with van der Waals surface area (Å²) in [5.74, 6) is -0.564. The van der Waals surface area contributed by atoms with Crippen molar-refractivity contribution < 1.29 is 18.7 Å². The Bertz CT molecular complexity index is 927. The molecule has 1 aromatic carbocycles. The maximum Gasteiger partial charge on any atom is 0.264 e. The van der Waals surface area contributed by atoms with E-state index in [2.05, 4.69) is 5.32 Å². The van der Waals surface area contributed by atoms with Gasteiger partial charge < -0.3 is 15.0 Å². The van der Waals surface area contributed by atoms with Gasteiger partial charge in [-0.05, 0) is 48.6 Å². The van der Waals surface area contributed by atoms with Gasteiger partial charge in [-0.3, -0.25) is 9.59 Å². The first-order chi connectivity index (χ1) is 14.0. The number of carbonyl (C=O) groups is 2. The zero-order valence-corrected chi connectivity index (χ0v) is 17.5. The van der Waals surface area contributed by atoms with Gasteiger partial charge in [-0.25, -0.2) is 4.39 Å². The highest BCUT2D eigenvalue weighted by atomic mass is 35.5. The molecule has 5 nitrogen and oxygen atoms in total. The van der Waals surface area contributed by atoms with E-state index < -0.39 is 5.82 Å². The van der Waals surface area contributed by atoms with Gasteiger partial charge in [0.1, 0.15) is 5.82 Å². The smallest absolute Gasteiger partial charge is 0.264 e. The van der Waals surface area contributed by atoms with E-state index in [-0.39, 0.29) is 22.8 Å². The number of thiophene rings is 1. The summed E-state index contributed by atoms with van der Waals surface area (Å²) in [5, 5.41) is 2.97. The van der Waals surface area contributed by atoms with E-state index in [1.807, 2.05) is 11.0 Å². The summed E-state index contributed by atoms with van der Waals surface area (Å²) in [6, 6.07) is 6.40. The largest absolute Gasteiger partial charge is 0.378 e. The van der Waals surface area contributed by atoms with E-state index in [0.717, 1.165) is 28.8 Å². The molecule has 4 rings (SSSR count). The highest BCUT2D eigenvalue weighted by molar-refractivity contribution is 7.14. The number of halogens is 2. The third kappa shape index (κ3) is 4.63. The van der Waals surface area contributed by atoms with E-state index in [4.69, 9.17) is 16.3 Å². The molecule has 2 aromatic rings. The third-order valence-electron chi connectivity index (χ3n) is 5.41. The molecule has 0 unspecified atom stereocenters. The lowest BCUT2D eigenvalue weighted by Crippen LogP contribution is -2.40. The van der Waals surface area contributed by atoms with Crippen molar-refractivity contribution in [2.45, 2.75) is 25.8 Å². The molecule has 1 aliphatic carbocycles. The second-order valence-corrected chi connectivity index (χ2v) is 8.91. The van der Waals surface area contributed by atoms with Crippen molar-refractivity contribution in [2.24, 2.45) is 5.92 Å². The van der Waals surface area contributed by atoms with Gasteiger partial charge in [-0.15, -0.1) is 11.3 Å². The van der Waals surface area contributed by atoms with Crippen molar-refractivity contribution in [3.63, 3.8) is 0 Å². The molecular weight excluding hydrogens is 415 g/mol. The minimum Gasteiger partial charge on any atom is -0.378 e. The number of fused-ring (bicyclic) bond motifs is 1. The average molecular weight is 437 g/mol. The van der Waals surface area contributed by atoms with Crippen LogP contribution >= 0.6 is 22.9 Å². The van der Waals surface area contributed by atoms with Gasteiger partial charge in [0.25, 0.3) is 5.91 Å². The molecule has 154 valence electrons. The maximum atomic E-state index is 13.3. The van der Waals surface area contributed by atoms with Gasteiger partial charge in [-0.1, -0.05) is 17.7 Å². The SMILES string of the molecule is O=C(NCc1ccc(F)c(Cl)c1)[C@H]1CCc2sc(C(=O)N3CCOCC3)cc2C1. The minimum absolute atomic E-state index is 0.0247. The number of rotatable bonds is 4. The number of carbonyl (C=O) groups excluding carboxylic acids is 2. The van der Waals surface area contributed by atoms with E-state index >= 15 is 0 Å². The number of hydrogen-bond acceptors (Lipinski definition) is 4. The van der Waals surface area contributed by atoms with Crippen molar-refractivity contribution in [1.82, 2.24) is 10.2 Å². The Hall–Kier alpha value is -1.96. The Kier molecular flexibility index (Phi) is 6.18. The topological polar surface area (TPSA) is 58.6 Å². The maximum absolute atomic E-state index is 13.3. The first kappa shape index (κ1) is 20.3. The fourth-order valence-electron chi connectivity index (χ4n) is 3.76. The van der Waals surface area contributed by atoms with Crippen molar-refractivity contribution >= 4 is 34.8 Å². The zero-order chi connectivity index (χ0) is 20.4. The lowest BCUT2D eigenvalue weighted by Gasteiger charge is -2.26. The van der Waals surface area contributed by atoms with Gasteiger partial charge in [-0.2, -0.15) is 0 Å². The number of amides is 2. The molecule has 8 heteroatoms. The van der Waals surface area contributed by atoms with Crippen LogP contribution in [-0.4, -0.2) is 43.0 Å². The number of ether oxygens (including phenoxy) is 1. The quantitative estimate of drug-likeness (QED) is 0.798. The van der Waals surface area contributed by atoms with Gasteiger partial charge in [0, 0.05) is 30.4 Å². The molecule has 0 radical (unpaired) electrons. The number of nitrogens with one attached hydrogen (secondary N) is 1. The first-order valence-corrected chi connectivity index (χ1v) is 10.9. The zero-order valence-electron chi connectivity index (χ0n) is 15.9. The van der Waals surface area contributed by atoms with Crippen LogP contribution in [0.25, 0.3) is 0 Å². The lowest BCUT2D eigenvalue weighted by atomic mass is 9.87. The molecule has 2 aliphatic rings. The van der Waals surface area contributed by atoms with Crippen LogP contribution in [0.2, 0.25) is 5.02 Å². The molecule has 2 amide bonds. The standard InChI is InChI=1S/C21H22ClFN2O3S/c22-16-9-13(1-3-17(16)23)12-24-20(26)14-2-4-18-15(10-14)11-19(29-18)21(27)25-5-7-28-8-6-25/h1,3,9,11,14H,2,4-8,10,12H2,(H,24,26)/t14-/m0/s1. The van der Waals surface area contributed by atoms with Crippen LogP contribution in [0.3, 0.4) is 0 Å². The number of morpholine rings is 1. The molecule has 1 atom stereocenters. The van der Waals surface area contributed by atoms with Crippen LogP contribution in [0.4, 0.5) is 4.39 Å². The van der Waals surface area contributed by atoms with Gasteiger partial charge in [0.05, 0.1) is 23.1 Å². The van der Waals surface area contributed by atoms with E-state index in [0.29, 0.717) is 39.3 Å². The Morgan fingerprint density at radius 3 is 2.83 bits per heavy atom. The Morgan fingerprint density at radius 2 is 2.07 bits per heavy atom. The van der Waals surface area contributed by atoms with Crippen LogP contribution in [0, 0.1) is 11.7 Å². The molecule has 1 saturated heterocycles. The average Bonchev–Trinajstić information content (AvgIpc) is 3.17. The summed E-state index contributed by atoms with van der Waals surface area (Å²) >= 11 is 7.34. The molecule has 0 bridgehead atoms. The second kappa shape index (κ2) is 8.81. The molecule has 29 heavy (non-hydrogen) atoms. The van der Waals surface area contributed by atoms with Crippen molar-refractivity contribution in [3.05, 3.63) is 56.0 Å². The summed E-state index contributed by atoms with van der Waals surface area (Å²) in [5.41, 5.74) is 1.86. The van der Waals surface area contributed by atoms with Crippen LogP contribution in [0.1, 0.15) is 32.1 Å². The molecule has 1 N–H and O–H groups in total. The van der Waals surface area contributed by atoms with E-state index in [1.54, 1.807) is 17.4 Å². The van der Waals surface area contributed by atoms with Crippen molar-refractivity contribution in [2.75, 3.05) is 26.3 Å². The third-order valence-corrected chi connectivity index (χ3v) is 6.93.